The smallest absolute Gasteiger partial charge is 0.412 e. The van der Waals surface area contributed by atoms with Crippen molar-refractivity contribution in [3.05, 3.63) is 59.6 Å². The number of rotatable bonds is 6. The Morgan fingerprint density at radius 1 is 1.20 bits per heavy atom. The van der Waals surface area contributed by atoms with Gasteiger partial charge in [-0.2, -0.15) is 0 Å². The fraction of sp³-hybridized carbons (Fsp3) is 0.409. The van der Waals surface area contributed by atoms with E-state index >= 15 is 0 Å². The Morgan fingerprint density at radius 2 is 1.90 bits per heavy atom. The molecule has 1 saturated carbocycles. The number of benzene rings is 1. The zero-order valence-corrected chi connectivity index (χ0v) is 17.3. The Kier molecular flexibility index (Phi) is 6.76. The van der Waals surface area contributed by atoms with Gasteiger partial charge >= 0.3 is 6.09 Å². The van der Waals surface area contributed by atoms with E-state index in [0.29, 0.717) is 0 Å². The third kappa shape index (κ3) is 5.62. The van der Waals surface area contributed by atoms with Crippen LogP contribution in [0.2, 0.25) is 0 Å². The average Bonchev–Trinajstić information content (AvgIpc) is 3.16. The van der Waals surface area contributed by atoms with E-state index in [1.165, 1.54) is 6.20 Å². The number of carbonyl (C=O) groups is 3. The summed E-state index contributed by atoms with van der Waals surface area (Å²) < 4.78 is 5.19. The minimum Gasteiger partial charge on any atom is -0.444 e. The van der Waals surface area contributed by atoms with Crippen LogP contribution in [0.3, 0.4) is 0 Å². The third-order valence-electron chi connectivity index (χ3n) is 4.99. The summed E-state index contributed by atoms with van der Waals surface area (Å²) in [4.78, 5) is 37.3. The molecule has 3 amide bonds. The van der Waals surface area contributed by atoms with E-state index in [-0.39, 0.29) is 29.8 Å². The number of hydrogen-bond donors (Lipinski definition) is 4. The Balaban J connectivity index is 1.60. The molecule has 2 aliphatic rings. The SMILES string of the molecule is CC(C)/C=C(/NC(=O)OCc1ccccc1)C(=O)NC1=CNC2(CCCC2)NC1=O. The first kappa shape index (κ1) is 21.4. The van der Waals surface area contributed by atoms with Gasteiger partial charge in [0.1, 0.15) is 23.7 Å². The van der Waals surface area contributed by atoms with E-state index < -0.39 is 17.7 Å². The Labute approximate surface area is 176 Å². The normalized spacial score (nSPS) is 17.8. The van der Waals surface area contributed by atoms with Gasteiger partial charge in [0.25, 0.3) is 11.8 Å². The topological polar surface area (TPSA) is 109 Å². The maximum Gasteiger partial charge on any atom is 0.412 e. The first-order valence-corrected chi connectivity index (χ1v) is 10.2. The van der Waals surface area contributed by atoms with E-state index in [0.717, 1.165) is 31.2 Å². The van der Waals surface area contributed by atoms with Crippen LogP contribution < -0.4 is 21.3 Å². The average molecular weight is 412 g/mol. The number of nitrogens with one attached hydrogen (secondary N) is 4. The molecule has 0 bridgehead atoms. The highest BCUT2D eigenvalue weighted by Gasteiger charge is 2.38. The van der Waals surface area contributed by atoms with Crippen molar-refractivity contribution in [2.24, 2.45) is 5.92 Å². The van der Waals surface area contributed by atoms with Gasteiger partial charge in [0.2, 0.25) is 0 Å². The molecular weight excluding hydrogens is 384 g/mol. The maximum absolute atomic E-state index is 12.7. The van der Waals surface area contributed by atoms with Crippen molar-refractivity contribution >= 4 is 17.9 Å². The molecule has 3 rings (SSSR count). The predicted octanol–water partition coefficient (Wildman–Crippen LogP) is 2.40. The summed E-state index contributed by atoms with van der Waals surface area (Å²) in [5, 5.41) is 11.2. The second kappa shape index (κ2) is 9.47. The van der Waals surface area contributed by atoms with E-state index in [4.69, 9.17) is 4.74 Å². The van der Waals surface area contributed by atoms with Crippen LogP contribution in [0.15, 0.2) is 54.0 Å². The van der Waals surface area contributed by atoms with Gasteiger partial charge in [-0.15, -0.1) is 0 Å². The van der Waals surface area contributed by atoms with Gasteiger partial charge in [-0.3, -0.25) is 14.9 Å². The van der Waals surface area contributed by atoms with Crippen LogP contribution >= 0.6 is 0 Å². The summed E-state index contributed by atoms with van der Waals surface area (Å²) in [5.41, 5.74) is 0.550. The molecule has 1 aliphatic carbocycles. The largest absolute Gasteiger partial charge is 0.444 e. The van der Waals surface area contributed by atoms with E-state index in [1.54, 1.807) is 6.08 Å². The minimum absolute atomic E-state index is 0.00535. The molecule has 1 aliphatic heterocycles. The summed E-state index contributed by atoms with van der Waals surface area (Å²) in [6, 6.07) is 9.24. The van der Waals surface area contributed by atoms with E-state index in [1.807, 2.05) is 44.2 Å². The van der Waals surface area contributed by atoms with Crippen LogP contribution in [0, 0.1) is 5.92 Å². The first-order valence-electron chi connectivity index (χ1n) is 10.2. The molecule has 1 spiro atoms. The number of hydrogen-bond acceptors (Lipinski definition) is 5. The van der Waals surface area contributed by atoms with Crippen molar-refractivity contribution in [2.45, 2.75) is 51.8 Å². The van der Waals surface area contributed by atoms with Crippen molar-refractivity contribution in [2.75, 3.05) is 0 Å². The summed E-state index contributed by atoms with van der Waals surface area (Å²) in [6.45, 7) is 3.84. The van der Waals surface area contributed by atoms with Crippen molar-refractivity contribution < 1.29 is 19.1 Å². The van der Waals surface area contributed by atoms with Crippen LogP contribution in [-0.4, -0.2) is 23.6 Å². The Morgan fingerprint density at radius 3 is 2.53 bits per heavy atom. The highest BCUT2D eigenvalue weighted by molar-refractivity contribution is 6.04. The molecule has 0 saturated heterocycles. The Bertz CT molecular complexity index is 855. The van der Waals surface area contributed by atoms with Crippen molar-refractivity contribution in [1.29, 1.82) is 0 Å². The maximum atomic E-state index is 12.7. The lowest BCUT2D eigenvalue weighted by Gasteiger charge is -2.35. The number of allylic oxidation sites excluding steroid dienone is 1. The number of carbonyl (C=O) groups excluding carboxylic acids is 3. The molecule has 0 aromatic heterocycles. The molecule has 1 heterocycles. The molecule has 160 valence electrons. The lowest BCUT2D eigenvalue weighted by molar-refractivity contribution is -0.123. The van der Waals surface area contributed by atoms with Crippen LogP contribution in [0.5, 0.6) is 0 Å². The molecule has 1 fully saturated rings. The van der Waals surface area contributed by atoms with Gasteiger partial charge in [-0.25, -0.2) is 4.79 Å². The number of alkyl carbamates (subject to hydrolysis) is 1. The molecule has 0 radical (unpaired) electrons. The Hall–Kier alpha value is -3.29. The summed E-state index contributed by atoms with van der Waals surface area (Å²) in [6.07, 6.45) is 6.17. The van der Waals surface area contributed by atoms with Gasteiger partial charge in [-0.05, 0) is 37.2 Å². The van der Waals surface area contributed by atoms with Crippen molar-refractivity contribution in [3.63, 3.8) is 0 Å². The quantitative estimate of drug-likeness (QED) is 0.537. The molecule has 0 atom stereocenters. The van der Waals surface area contributed by atoms with Crippen molar-refractivity contribution in [3.8, 4) is 0 Å². The zero-order valence-electron chi connectivity index (χ0n) is 17.3. The highest BCUT2D eigenvalue weighted by Crippen LogP contribution is 2.29. The lowest BCUT2D eigenvalue weighted by atomic mass is 10.1. The van der Waals surface area contributed by atoms with Crippen LogP contribution in [0.4, 0.5) is 4.79 Å². The predicted molar refractivity (Wildman–Crippen MR) is 111 cm³/mol. The van der Waals surface area contributed by atoms with Gasteiger partial charge in [-0.1, -0.05) is 50.3 Å². The molecule has 1 aromatic rings. The fourth-order valence-electron chi connectivity index (χ4n) is 3.50. The van der Waals surface area contributed by atoms with Crippen LogP contribution in [0.1, 0.15) is 45.1 Å². The second-order valence-corrected chi connectivity index (χ2v) is 7.91. The minimum atomic E-state index is -0.744. The molecule has 8 nitrogen and oxygen atoms in total. The van der Waals surface area contributed by atoms with Gasteiger partial charge < -0.3 is 20.7 Å². The monoisotopic (exact) mass is 412 g/mol. The van der Waals surface area contributed by atoms with Gasteiger partial charge in [0.15, 0.2) is 0 Å². The molecule has 4 N–H and O–H groups in total. The molecular formula is C22H28N4O4. The number of ether oxygens (including phenoxy) is 1. The zero-order chi connectivity index (χ0) is 21.6. The van der Waals surface area contributed by atoms with Crippen molar-refractivity contribution in [1.82, 2.24) is 21.3 Å². The lowest BCUT2D eigenvalue weighted by Crippen LogP contribution is -2.60. The van der Waals surface area contributed by atoms with Crippen LogP contribution in [-0.2, 0) is 20.9 Å². The first-order chi connectivity index (χ1) is 14.4. The summed E-state index contributed by atoms with van der Waals surface area (Å²) in [7, 11) is 0. The molecule has 1 aromatic carbocycles. The number of amides is 3. The fourth-order valence-corrected chi connectivity index (χ4v) is 3.50. The third-order valence-corrected chi connectivity index (χ3v) is 4.99. The van der Waals surface area contributed by atoms with Gasteiger partial charge in [0, 0.05) is 6.20 Å². The highest BCUT2D eigenvalue weighted by atomic mass is 16.5. The standard InChI is InChI=1S/C22H28N4O4/c1-15(2)12-17(25-21(29)30-14-16-8-4-3-5-9-16)19(27)24-18-13-23-22(26-20(18)28)10-6-7-11-22/h3-5,8-9,12-13,15,23H,6-7,10-11,14H2,1-2H3,(H,24,27)(H,25,29)(H,26,28)/b17-12+. The molecule has 0 unspecified atom stereocenters. The molecule has 30 heavy (non-hydrogen) atoms. The van der Waals surface area contributed by atoms with Crippen LogP contribution in [0.25, 0.3) is 0 Å². The second-order valence-electron chi connectivity index (χ2n) is 7.91. The molecule has 8 heteroatoms. The summed E-state index contributed by atoms with van der Waals surface area (Å²) in [5.74, 6) is -0.945. The summed E-state index contributed by atoms with van der Waals surface area (Å²) >= 11 is 0. The van der Waals surface area contributed by atoms with E-state index in [2.05, 4.69) is 21.3 Å². The van der Waals surface area contributed by atoms with E-state index in [9.17, 15) is 14.4 Å². The van der Waals surface area contributed by atoms with Gasteiger partial charge in [0.05, 0.1) is 0 Å².